The summed E-state index contributed by atoms with van der Waals surface area (Å²) >= 11 is 1.38. The summed E-state index contributed by atoms with van der Waals surface area (Å²) in [6.45, 7) is 6.97. The first kappa shape index (κ1) is 15.0. The molecular weight excluding hydrogens is 280 g/mol. The van der Waals surface area contributed by atoms with Gasteiger partial charge in [0, 0.05) is 30.1 Å². The minimum Gasteiger partial charge on any atom is -0.309 e. The highest BCUT2D eigenvalue weighted by Crippen LogP contribution is 2.27. The molecule has 6 heteroatoms. The van der Waals surface area contributed by atoms with Gasteiger partial charge in [0.25, 0.3) is 10.0 Å². The molecule has 1 aromatic heterocycles. The Labute approximate surface area is 119 Å². The topological polar surface area (TPSA) is 49.4 Å². The zero-order valence-electron chi connectivity index (χ0n) is 11.7. The van der Waals surface area contributed by atoms with E-state index < -0.39 is 10.0 Å². The third-order valence-corrected chi connectivity index (χ3v) is 6.93. The fourth-order valence-corrected chi connectivity index (χ4v) is 5.13. The Bertz CT molecular complexity index is 519. The van der Waals surface area contributed by atoms with Crippen molar-refractivity contribution in [2.45, 2.75) is 56.5 Å². The Morgan fingerprint density at radius 3 is 2.63 bits per heavy atom. The summed E-state index contributed by atoms with van der Waals surface area (Å²) in [6, 6.07) is 4.28. The number of nitrogens with one attached hydrogen (secondary N) is 1. The van der Waals surface area contributed by atoms with Crippen LogP contribution in [0.25, 0.3) is 0 Å². The van der Waals surface area contributed by atoms with Gasteiger partial charge in [-0.2, -0.15) is 4.31 Å². The highest BCUT2D eigenvalue weighted by molar-refractivity contribution is 7.91. The van der Waals surface area contributed by atoms with Gasteiger partial charge in [0.05, 0.1) is 0 Å². The number of rotatable bonds is 7. The van der Waals surface area contributed by atoms with Crippen LogP contribution >= 0.6 is 11.3 Å². The molecule has 1 aliphatic rings. The van der Waals surface area contributed by atoms with Crippen molar-refractivity contribution in [3.05, 3.63) is 17.0 Å². The van der Waals surface area contributed by atoms with Crippen LogP contribution in [0.2, 0.25) is 0 Å². The van der Waals surface area contributed by atoms with Gasteiger partial charge < -0.3 is 5.32 Å². The van der Waals surface area contributed by atoms with Crippen LogP contribution in [0.15, 0.2) is 16.3 Å². The van der Waals surface area contributed by atoms with Crippen LogP contribution in [0, 0.1) is 0 Å². The Morgan fingerprint density at radius 2 is 2.11 bits per heavy atom. The van der Waals surface area contributed by atoms with Gasteiger partial charge >= 0.3 is 0 Å². The minimum absolute atomic E-state index is 0.00913. The van der Waals surface area contributed by atoms with Crippen molar-refractivity contribution in [2.24, 2.45) is 0 Å². The van der Waals surface area contributed by atoms with Crippen molar-refractivity contribution in [3.8, 4) is 0 Å². The van der Waals surface area contributed by atoms with Crippen molar-refractivity contribution in [2.75, 3.05) is 6.54 Å². The fraction of sp³-hybridized carbons (Fsp3) is 0.692. The van der Waals surface area contributed by atoms with E-state index in [1.807, 2.05) is 26.8 Å². The van der Waals surface area contributed by atoms with Crippen LogP contribution in [-0.2, 0) is 16.6 Å². The minimum atomic E-state index is -3.33. The third-order valence-electron chi connectivity index (χ3n) is 3.23. The molecule has 1 heterocycles. The lowest BCUT2D eigenvalue weighted by Crippen LogP contribution is -2.36. The van der Waals surface area contributed by atoms with E-state index in [2.05, 4.69) is 5.32 Å². The Kier molecular flexibility index (Phi) is 4.66. The molecule has 1 N–H and O–H groups in total. The smallest absolute Gasteiger partial charge is 0.252 e. The Morgan fingerprint density at radius 1 is 1.42 bits per heavy atom. The second kappa shape index (κ2) is 5.91. The van der Waals surface area contributed by atoms with Gasteiger partial charge in [-0.1, -0.05) is 6.92 Å². The maximum atomic E-state index is 12.5. The van der Waals surface area contributed by atoms with Crippen molar-refractivity contribution >= 4 is 21.4 Å². The molecule has 0 aromatic carbocycles. The third kappa shape index (κ3) is 3.56. The maximum Gasteiger partial charge on any atom is 0.252 e. The first-order valence-electron chi connectivity index (χ1n) is 6.79. The summed E-state index contributed by atoms with van der Waals surface area (Å²) in [5.41, 5.74) is 0. The van der Waals surface area contributed by atoms with Crippen LogP contribution in [0.3, 0.4) is 0 Å². The molecule has 19 heavy (non-hydrogen) atoms. The normalized spacial score (nSPS) is 16.5. The van der Waals surface area contributed by atoms with Gasteiger partial charge in [-0.05, 0) is 38.8 Å². The molecule has 0 radical (unpaired) electrons. The number of hydrogen-bond donors (Lipinski definition) is 1. The molecule has 0 atom stereocenters. The summed E-state index contributed by atoms with van der Waals surface area (Å²) in [5, 5.41) is 3.41. The van der Waals surface area contributed by atoms with Crippen LogP contribution in [-0.4, -0.2) is 31.4 Å². The van der Waals surface area contributed by atoms with Crippen molar-refractivity contribution in [1.82, 2.24) is 9.62 Å². The first-order chi connectivity index (χ1) is 8.95. The lowest BCUT2D eigenvalue weighted by Gasteiger charge is -2.23. The summed E-state index contributed by atoms with van der Waals surface area (Å²) in [6.07, 6.45) is 2.49. The average Bonchev–Trinajstić information content (AvgIpc) is 3.03. The lowest BCUT2D eigenvalue weighted by atomic mass is 10.4. The number of nitrogens with zero attached hydrogens (tertiary/aromatic N) is 1. The van der Waals surface area contributed by atoms with Gasteiger partial charge in [0.15, 0.2) is 0 Å². The number of thiophene rings is 1. The maximum absolute atomic E-state index is 12.5. The van der Waals surface area contributed by atoms with Gasteiger partial charge in [-0.25, -0.2) is 8.42 Å². The molecule has 0 amide bonds. The van der Waals surface area contributed by atoms with E-state index >= 15 is 0 Å². The molecule has 0 unspecified atom stereocenters. The quantitative estimate of drug-likeness (QED) is 0.841. The summed E-state index contributed by atoms with van der Waals surface area (Å²) in [5.74, 6) is 0. The largest absolute Gasteiger partial charge is 0.309 e. The molecular formula is C13H22N2O2S2. The SMILES string of the molecule is CCN(C(C)C)S(=O)(=O)c1ccc(CNC2CC2)s1. The van der Waals surface area contributed by atoms with Gasteiger partial charge in [-0.3, -0.25) is 0 Å². The molecule has 1 fully saturated rings. The van der Waals surface area contributed by atoms with Crippen LogP contribution in [0.1, 0.15) is 38.5 Å². The predicted molar refractivity (Wildman–Crippen MR) is 78.9 cm³/mol. The van der Waals surface area contributed by atoms with E-state index in [9.17, 15) is 8.42 Å². The molecule has 0 saturated heterocycles. The molecule has 1 saturated carbocycles. The monoisotopic (exact) mass is 302 g/mol. The molecule has 0 bridgehead atoms. The predicted octanol–water partition coefficient (Wildman–Crippen LogP) is 2.42. The van der Waals surface area contributed by atoms with Crippen molar-refractivity contribution in [3.63, 3.8) is 0 Å². The molecule has 2 rings (SSSR count). The van der Waals surface area contributed by atoms with E-state index in [1.165, 1.54) is 28.5 Å². The van der Waals surface area contributed by atoms with E-state index in [0.717, 1.165) is 11.4 Å². The molecule has 108 valence electrons. The van der Waals surface area contributed by atoms with Crippen LogP contribution in [0.5, 0.6) is 0 Å². The number of hydrogen-bond acceptors (Lipinski definition) is 4. The van der Waals surface area contributed by atoms with Crippen molar-refractivity contribution < 1.29 is 8.42 Å². The average molecular weight is 302 g/mol. The molecule has 1 aliphatic carbocycles. The van der Waals surface area contributed by atoms with Gasteiger partial charge in [-0.15, -0.1) is 11.3 Å². The standard InChI is InChI=1S/C13H22N2O2S2/c1-4-15(10(2)3)19(16,17)13-8-7-12(18-13)9-14-11-5-6-11/h7-8,10-11,14H,4-6,9H2,1-3H3. The molecule has 4 nitrogen and oxygen atoms in total. The summed E-state index contributed by atoms with van der Waals surface area (Å²) < 4.78 is 27.0. The van der Waals surface area contributed by atoms with E-state index in [1.54, 1.807) is 6.07 Å². The highest BCUT2D eigenvalue weighted by atomic mass is 32.2. The lowest BCUT2D eigenvalue weighted by molar-refractivity contribution is 0.370. The van der Waals surface area contributed by atoms with E-state index in [-0.39, 0.29) is 6.04 Å². The molecule has 0 spiro atoms. The fourth-order valence-electron chi connectivity index (χ4n) is 2.05. The zero-order valence-corrected chi connectivity index (χ0v) is 13.4. The number of sulfonamides is 1. The molecule has 1 aromatic rings. The zero-order chi connectivity index (χ0) is 14.0. The van der Waals surface area contributed by atoms with Crippen molar-refractivity contribution in [1.29, 1.82) is 0 Å². The van der Waals surface area contributed by atoms with Crippen LogP contribution in [0.4, 0.5) is 0 Å². The van der Waals surface area contributed by atoms with Gasteiger partial charge in [0.1, 0.15) is 4.21 Å². The first-order valence-corrected chi connectivity index (χ1v) is 9.04. The molecule has 0 aliphatic heterocycles. The summed E-state index contributed by atoms with van der Waals surface area (Å²) in [7, 11) is -3.33. The van der Waals surface area contributed by atoms with Gasteiger partial charge in [0.2, 0.25) is 0 Å². The second-order valence-corrected chi connectivity index (χ2v) is 8.46. The second-order valence-electron chi connectivity index (χ2n) is 5.18. The Balaban J connectivity index is 2.10. The van der Waals surface area contributed by atoms with E-state index in [4.69, 9.17) is 0 Å². The highest BCUT2D eigenvalue weighted by Gasteiger charge is 2.27. The van der Waals surface area contributed by atoms with E-state index in [0.29, 0.717) is 16.8 Å². The Hall–Kier alpha value is -0.430. The summed E-state index contributed by atoms with van der Waals surface area (Å²) in [4.78, 5) is 1.09. The van der Waals surface area contributed by atoms with Crippen LogP contribution < -0.4 is 5.32 Å².